The first-order valence-corrected chi connectivity index (χ1v) is 14.1. The van der Waals surface area contributed by atoms with Crippen molar-refractivity contribution in [1.82, 2.24) is 19.9 Å². The highest BCUT2D eigenvalue weighted by Gasteiger charge is 2.23. The Morgan fingerprint density at radius 2 is 1.80 bits per heavy atom. The van der Waals surface area contributed by atoms with Crippen LogP contribution in [0.15, 0.2) is 60.7 Å². The van der Waals surface area contributed by atoms with E-state index >= 15 is 0 Å². The Kier molecular flexibility index (Phi) is 7.87. The first-order valence-electron chi connectivity index (χ1n) is 14.1. The second kappa shape index (κ2) is 11.5. The molecular weight excluding hydrogens is 502 g/mol. The monoisotopic (exact) mass is 539 g/mol. The highest BCUT2D eigenvalue weighted by molar-refractivity contribution is 5.97. The average Bonchev–Trinajstić information content (AvgIpc) is 3.28. The molecule has 8 heteroatoms. The summed E-state index contributed by atoms with van der Waals surface area (Å²) in [5.74, 6) is 1.30. The number of hydrogen-bond acceptors (Lipinski definition) is 5. The number of nitrogens with one attached hydrogen (secondary N) is 1. The summed E-state index contributed by atoms with van der Waals surface area (Å²) in [6, 6.07) is 19.5. The van der Waals surface area contributed by atoms with Crippen LogP contribution in [0.5, 0.6) is 0 Å². The number of unbranched alkanes of at least 4 members (excludes halogenated alkanes) is 1. The van der Waals surface area contributed by atoms with Gasteiger partial charge in [-0.1, -0.05) is 55.8 Å². The summed E-state index contributed by atoms with van der Waals surface area (Å²) in [4.78, 5) is 36.9. The van der Waals surface area contributed by atoms with E-state index in [1.807, 2.05) is 63.2 Å². The first-order chi connectivity index (χ1) is 19.2. The largest absolute Gasteiger partial charge is 0.456 e. The highest BCUT2D eigenvalue weighted by atomic mass is 16.6. The fourth-order valence-electron chi connectivity index (χ4n) is 4.95. The molecule has 0 aliphatic carbocycles. The van der Waals surface area contributed by atoms with Crippen LogP contribution >= 0.6 is 0 Å². The zero-order valence-corrected chi connectivity index (χ0v) is 23.7. The number of esters is 1. The number of carbonyl (C=O) groups is 2. The van der Waals surface area contributed by atoms with Crippen molar-refractivity contribution in [2.45, 2.75) is 65.5 Å². The lowest BCUT2D eigenvalue weighted by atomic mass is 9.98. The molecule has 0 bridgehead atoms. The number of imidazole rings is 1. The Labute approximate surface area is 235 Å². The molecule has 8 nitrogen and oxygen atoms in total. The summed E-state index contributed by atoms with van der Waals surface area (Å²) in [6.45, 7) is 9.72. The minimum atomic E-state index is -0.567. The van der Waals surface area contributed by atoms with Gasteiger partial charge in [-0.2, -0.15) is 0 Å². The molecule has 1 aliphatic rings. The molecule has 1 saturated heterocycles. The van der Waals surface area contributed by atoms with Gasteiger partial charge in [0.2, 0.25) is 0 Å². The van der Waals surface area contributed by atoms with E-state index in [2.05, 4.69) is 28.9 Å². The van der Waals surface area contributed by atoms with Crippen LogP contribution in [0.4, 0.5) is 10.6 Å². The van der Waals surface area contributed by atoms with Crippen LogP contribution in [0.3, 0.4) is 0 Å². The van der Waals surface area contributed by atoms with Gasteiger partial charge in [-0.3, -0.25) is 4.90 Å². The summed E-state index contributed by atoms with van der Waals surface area (Å²) in [7, 11) is 0. The van der Waals surface area contributed by atoms with E-state index in [1.165, 1.54) is 0 Å². The number of nitrogens with zero attached hydrogens (tertiary/aromatic N) is 4. The lowest BCUT2D eigenvalue weighted by Gasteiger charge is -2.26. The molecule has 0 saturated carbocycles. The van der Waals surface area contributed by atoms with Gasteiger partial charge in [-0.15, -0.1) is 0 Å². The Bertz CT molecular complexity index is 1520. The summed E-state index contributed by atoms with van der Waals surface area (Å²) in [5.41, 5.74) is 4.47. The summed E-state index contributed by atoms with van der Waals surface area (Å²) >= 11 is 0. The fraction of sp³-hybridized carbons (Fsp3) is 0.375. The Morgan fingerprint density at radius 3 is 2.52 bits per heavy atom. The minimum absolute atomic E-state index is 0.113. The van der Waals surface area contributed by atoms with E-state index in [0.29, 0.717) is 31.0 Å². The van der Waals surface area contributed by atoms with Crippen molar-refractivity contribution in [1.29, 1.82) is 0 Å². The number of carbonyl (C=O) groups excluding carboxylic acids is 2. The van der Waals surface area contributed by atoms with Crippen molar-refractivity contribution in [2.75, 3.05) is 18.0 Å². The number of fused-ring (bicyclic) bond motifs is 1. The number of rotatable bonds is 8. The molecule has 0 spiro atoms. The van der Waals surface area contributed by atoms with E-state index in [0.717, 1.165) is 59.4 Å². The topological polar surface area (TPSA) is 89.4 Å². The maximum absolute atomic E-state index is 12.9. The van der Waals surface area contributed by atoms with Crippen molar-refractivity contribution < 1.29 is 14.3 Å². The molecule has 40 heavy (non-hydrogen) atoms. The van der Waals surface area contributed by atoms with Crippen molar-refractivity contribution in [3.05, 3.63) is 77.6 Å². The third-order valence-electron chi connectivity index (χ3n) is 6.92. The van der Waals surface area contributed by atoms with E-state index in [-0.39, 0.29) is 12.0 Å². The standard InChI is InChI=1S/C32H37N5O3/c1-5-6-12-27-34-26-17-18-28(36-20-9-19-33-31(36)39)35-29(26)37(27)21-22-13-15-23(16-14-22)24-10-7-8-11-25(24)30(38)40-32(2,3)4/h7-8,10-11,13-18H,5-6,9,12,19-21H2,1-4H3,(H,33,39). The number of benzene rings is 2. The number of urea groups is 1. The van der Waals surface area contributed by atoms with Gasteiger partial charge >= 0.3 is 12.0 Å². The van der Waals surface area contributed by atoms with E-state index in [4.69, 9.17) is 14.7 Å². The Hall–Kier alpha value is -4.20. The number of anilines is 1. The molecule has 4 aromatic rings. The summed E-state index contributed by atoms with van der Waals surface area (Å²) in [6.07, 6.45) is 3.84. The number of ether oxygens (including phenoxy) is 1. The normalized spacial score (nSPS) is 13.9. The van der Waals surface area contributed by atoms with E-state index in [1.54, 1.807) is 11.0 Å². The lowest BCUT2D eigenvalue weighted by Crippen LogP contribution is -2.46. The Morgan fingerprint density at radius 1 is 1.02 bits per heavy atom. The summed E-state index contributed by atoms with van der Waals surface area (Å²) in [5, 5.41) is 2.90. The van der Waals surface area contributed by atoms with Crippen LogP contribution < -0.4 is 10.2 Å². The zero-order valence-electron chi connectivity index (χ0n) is 23.7. The van der Waals surface area contributed by atoms with Gasteiger partial charge in [0.1, 0.15) is 22.8 Å². The molecule has 2 aromatic carbocycles. The minimum Gasteiger partial charge on any atom is -0.456 e. The molecule has 0 unspecified atom stereocenters. The van der Waals surface area contributed by atoms with Gasteiger partial charge in [-0.05, 0) is 68.5 Å². The number of aromatic nitrogens is 3. The van der Waals surface area contributed by atoms with Crippen LogP contribution in [-0.4, -0.2) is 45.2 Å². The average molecular weight is 540 g/mol. The maximum atomic E-state index is 12.9. The highest BCUT2D eigenvalue weighted by Crippen LogP contribution is 2.27. The molecule has 1 N–H and O–H groups in total. The van der Waals surface area contributed by atoms with Crippen LogP contribution in [0, 0.1) is 0 Å². The van der Waals surface area contributed by atoms with Crippen molar-refractivity contribution in [3.8, 4) is 11.1 Å². The van der Waals surface area contributed by atoms with Gasteiger partial charge in [0, 0.05) is 19.5 Å². The third-order valence-corrected chi connectivity index (χ3v) is 6.92. The fourth-order valence-corrected chi connectivity index (χ4v) is 4.95. The van der Waals surface area contributed by atoms with Crippen molar-refractivity contribution >= 4 is 29.0 Å². The molecule has 3 heterocycles. The number of aryl methyl sites for hydroxylation is 1. The molecule has 5 rings (SSSR count). The van der Waals surface area contributed by atoms with Crippen LogP contribution in [0.1, 0.15) is 68.7 Å². The number of amides is 2. The zero-order chi connectivity index (χ0) is 28.3. The van der Waals surface area contributed by atoms with Gasteiger partial charge in [0.15, 0.2) is 5.65 Å². The predicted octanol–water partition coefficient (Wildman–Crippen LogP) is 6.36. The quantitative estimate of drug-likeness (QED) is 0.263. The molecule has 208 valence electrons. The smallest absolute Gasteiger partial charge is 0.339 e. The SMILES string of the molecule is CCCCc1nc2ccc(N3CCCNC3=O)nc2n1Cc1ccc(-c2ccccc2C(=O)OC(C)(C)C)cc1. The van der Waals surface area contributed by atoms with Crippen LogP contribution in [0.25, 0.3) is 22.3 Å². The van der Waals surface area contributed by atoms with E-state index < -0.39 is 5.60 Å². The van der Waals surface area contributed by atoms with Crippen molar-refractivity contribution in [2.24, 2.45) is 0 Å². The van der Waals surface area contributed by atoms with Crippen LogP contribution in [-0.2, 0) is 17.7 Å². The van der Waals surface area contributed by atoms with Gasteiger partial charge < -0.3 is 14.6 Å². The van der Waals surface area contributed by atoms with E-state index in [9.17, 15) is 9.59 Å². The van der Waals surface area contributed by atoms with Gasteiger partial charge in [-0.25, -0.2) is 19.6 Å². The molecule has 2 aromatic heterocycles. The molecular formula is C32H37N5O3. The second-order valence-electron chi connectivity index (χ2n) is 11.2. The molecule has 0 atom stereocenters. The number of pyridine rings is 1. The second-order valence-corrected chi connectivity index (χ2v) is 11.2. The molecule has 1 fully saturated rings. The summed E-state index contributed by atoms with van der Waals surface area (Å²) < 4.78 is 7.81. The molecule has 0 radical (unpaired) electrons. The van der Waals surface area contributed by atoms with Crippen molar-refractivity contribution in [3.63, 3.8) is 0 Å². The predicted molar refractivity (Wildman–Crippen MR) is 158 cm³/mol. The third kappa shape index (κ3) is 6.01. The lowest BCUT2D eigenvalue weighted by molar-refractivity contribution is 0.00704. The molecule has 2 amide bonds. The van der Waals surface area contributed by atoms with Gasteiger partial charge in [0.25, 0.3) is 0 Å². The maximum Gasteiger partial charge on any atom is 0.339 e. The number of hydrogen-bond donors (Lipinski definition) is 1. The van der Waals surface area contributed by atoms with Crippen LogP contribution in [0.2, 0.25) is 0 Å². The molecule has 1 aliphatic heterocycles. The Balaban J connectivity index is 1.46. The van der Waals surface area contributed by atoms with Gasteiger partial charge in [0.05, 0.1) is 12.1 Å². The first kappa shape index (κ1) is 27.4.